The highest BCUT2D eigenvalue weighted by Gasteiger charge is 1.99. The lowest BCUT2D eigenvalue weighted by Crippen LogP contribution is -1.88. The van der Waals surface area contributed by atoms with E-state index >= 15 is 0 Å². The maximum absolute atomic E-state index is 3.17. The Morgan fingerprint density at radius 3 is 1.14 bits per heavy atom. The van der Waals surface area contributed by atoms with Crippen molar-refractivity contribution in [3.8, 4) is 23.7 Å². The highest BCUT2D eigenvalue weighted by molar-refractivity contribution is 5.51. The fraction of sp³-hybridized carbons (Fsp3) is 0.273. The van der Waals surface area contributed by atoms with Crippen LogP contribution >= 0.6 is 0 Å². The molecule has 0 heterocycles. The fourth-order valence-corrected chi connectivity index (χ4v) is 2.39. The molecule has 0 heteroatoms. The maximum Gasteiger partial charge on any atom is 0.0287 e. The molecule has 0 saturated carbocycles. The van der Waals surface area contributed by atoms with Crippen LogP contribution in [0.2, 0.25) is 0 Å². The van der Waals surface area contributed by atoms with Gasteiger partial charge in [0.1, 0.15) is 0 Å². The number of aryl methyl sites for hydroxylation is 6. The Bertz CT molecular complexity index is 770. The molecule has 0 amide bonds. The Labute approximate surface area is 134 Å². The molecule has 0 saturated heterocycles. The molecule has 0 aliphatic heterocycles. The van der Waals surface area contributed by atoms with Crippen molar-refractivity contribution < 1.29 is 0 Å². The summed E-state index contributed by atoms with van der Waals surface area (Å²) in [5.74, 6) is 12.3. The van der Waals surface area contributed by atoms with Crippen LogP contribution in [0.4, 0.5) is 0 Å². The third-order valence-corrected chi connectivity index (χ3v) is 4.14. The number of hydrogen-bond donors (Lipinski definition) is 0. The lowest BCUT2D eigenvalue weighted by atomic mass is 10.0. The SMILES string of the molecule is Cc1cc(C)c(C#CC#Cc2cc(C)c(C)cc2C)cc1C. The molecule has 0 bridgehead atoms. The topological polar surface area (TPSA) is 0 Å². The van der Waals surface area contributed by atoms with Crippen molar-refractivity contribution in [2.45, 2.75) is 41.5 Å². The van der Waals surface area contributed by atoms with Crippen LogP contribution in [0.5, 0.6) is 0 Å². The van der Waals surface area contributed by atoms with Gasteiger partial charge in [0.15, 0.2) is 0 Å². The van der Waals surface area contributed by atoms with Gasteiger partial charge in [-0.3, -0.25) is 0 Å². The molecule has 0 aromatic heterocycles. The van der Waals surface area contributed by atoms with Crippen molar-refractivity contribution in [1.82, 2.24) is 0 Å². The summed E-state index contributed by atoms with van der Waals surface area (Å²) in [7, 11) is 0. The van der Waals surface area contributed by atoms with E-state index in [-0.39, 0.29) is 0 Å². The Balaban J connectivity index is 2.30. The van der Waals surface area contributed by atoms with Gasteiger partial charge in [0.2, 0.25) is 0 Å². The second-order valence-corrected chi connectivity index (χ2v) is 6.00. The first-order chi connectivity index (χ1) is 10.4. The van der Waals surface area contributed by atoms with Crippen molar-refractivity contribution >= 4 is 0 Å². The lowest BCUT2D eigenvalue weighted by molar-refractivity contribution is 1.28. The molecular weight excluding hydrogens is 264 g/mol. The minimum Gasteiger partial charge on any atom is -0.0549 e. The Kier molecular flexibility index (Phi) is 4.75. The van der Waals surface area contributed by atoms with Crippen LogP contribution in [0.15, 0.2) is 24.3 Å². The number of rotatable bonds is 0. The number of benzene rings is 2. The molecule has 0 aliphatic carbocycles. The Hall–Kier alpha value is -2.44. The standard InChI is InChI=1S/C22H22/c1-15-11-19(5)21(13-17(15)3)9-7-8-10-22-14-18(4)16(2)12-20(22)6/h11-14H,1-6H3. The van der Waals surface area contributed by atoms with E-state index in [1.807, 2.05) is 0 Å². The maximum atomic E-state index is 3.17. The minimum atomic E-state index is 1.06. The van der Waals surface area contributed by atoms with Gasteiger partial charge in [-0.2, -0.15) is 0 Å². The molecule has 22 heavy (non-hydrogen) atoms. The molecule has 0 aliphatic rings. The Morgan fingerprint density at radius 2 is 0.773 bits per heavy atom. The van der Waals surface area contributed by atoms with Gasteiger partial charge in [0.05, 0.1) is 0 Å². The summed E-state index contributed by atoms with van der Waals surface area (Å²) >= 11 is 0. The van der Waals surface area contributed by atoms with Crippen molar-refractivity contribution in [1.29, 1.82) is 0 Å². The monoisotopic (exact) mass is 286 g/mol. The summed E-state index contributed by atoms with van der Waals surface area (Å²) in [4.78, 5) is 0. The summed E-state index contributed by atoms with van der Waals surface area (Å²) in [6.07, 6.45) is 0. The van der Waals surface area contributed by atoms with E-state index in [9.17, 15) is 0 Å². The second kappa shape index (κ2) is 6.55. The van der Waals surface area contributed by atoms with E-state index in [0.717, 1.165) is 11.1 Å². The molecule has 2 aromatic carbocycles. The van der Waals surface area contributed by atoms with Crippen LogP contribution in [0, 0.1) is 65.2 Å². The molecule has 0 unspecified atom stereocenters. The summed E-state index contributed by atoms with van der Waals surface area (Å²) < 4.78 is 0. The third-order valence-electron chi connectivity index (χ3n) is 4.14. The zero-order valence-electron chi connectivity index (χ0n) is 14.3. The predicted octanol–water partition coefficient (Wildman–Crippen LogP) is 4.94. The van der Waals surface area contributed by atoms with Crippen molar-refractivity contribution in [2.24, 2.45) is 0 Å². The first-order valence-electron chi connectivity index (χ1n) is 7.56. The molecule has 0 radical (unpaired) electrons. The van der Waals surface area contributed by atoms with Crippen LogP contribution in [-0.2, 0) is 0 Å². The smallest absolute Gasteiger partial charge is 0.0287 e. The fourth-order valence-electron chi connectivity index (χ4n) is 2.39. The third kappa shape index (κ3) is 3.60. The molecule has 110 valence electrons. The van der Waals surface area contributed by atoms with Gasteiger partial charge in [0, 0.05) is 11.1 Å². The average Bonchev–Trinajstić information content (AvgIpc) is 2.45. The number of hydrogen-bond acceptors (Lipinski definition) is 0. The van der Waals surface area contributed by atoms with Crippen molar-refractivity contribution in [2.75, 3.05) is 0 Å². The van der Waals surface area contributed by atoms with Gasteiger partial charge in [-0.05, 0) is 98.9 Å². The first-order valence-corrected chi connectivity index (χ1v) is 7.56. The predicted molar refractivity (Wildman–Crippen MR) is 95.1 cm³/mol. The van der Waals surface area contributed by atoms with Crippen molar-refractivity contribution in [3.63, 3.8) is 0 Å². The average molecular weight is 286 g/mol. The normalized spacial score (nSPS) is 9.55. The summed E-state index contributed by atoms with van der Waals surface area (Å²) in [6, 6.07) is 8.64. The molecule has 0 atom stereocenters. The van der Waals surface area contributed by atoms with Gasteiger partial charge in [-0.25, -0.2) is 0 Å². The largest absolute Gasteiger partial charge is 0.0549 e. The second-order valence-electron chi connectivity index (χ2n) is 6.00. The molecular formula is C22H22. The molecule has 0 nitrogen and oxygen atoms in total. The quantitative estimate of drug-likeness (QED) is 0.602. The zero-order chi connectivity index (χ0) is 16.3. The summed E-state index contributed by atoms with van der Waals surface area (Å²) in [6.45, 7) is 12.7. The minimum absolute atomic E-state index is 1.06. The van der Waals surface area contributed by atoms with E-state index in [0.29, 0.717) is 0 Å². The molecule has 0 spiro atoms. The summed E-state index contributed by atoms with van der Waals surface area (Å²) in [5, 5.41) is 0. The van der Waals surface area contributed by atoms with Gasteiger partial charge < -0.3 is 0 Å². The first kappa shape index (κ1) is 15.9. The van der Waals surface area contributed by atoms with Crippen LogP contribution in [0.3, 0.4) is 0 Å². The van der Waals surface area contributed by atoms with Crippen LogP contribution < -0.4 is 0 Å². The van der Waals surface area contributed by atoms with Crippen LogP contribution in [0.25, 0.3) is 0 Å². The molecule has 0 N–H and O–H groups in total. The molecule has 2 aromatic rings. The van der Waals surface area contributed by atoms with E-state index in [1.54, 1.807) is 0 Å². The van der Waals surface area contributed by atoms with Gasteiger partial charge in [-0.1, -0.05) is 24.0 Å². The highest BCUT2D eigenvalue weighted by atomic mass is 14.0. The van der Waals surface area contributed by atoms with Gasteiger partial charge in [0.25, 0.3) is 0 Å². The molecule has 0 fully saturated rings. The lowest BCUT2D eigenvalue weighted by Gasteiger charge is -2.04. The zero-order valence-corrected chi connectivity index (χ0v) is 14.3. The van der Waals surface area contributed by atoms with Crippen LogP contribution in [-0.4, -0.2) is 0 Å². The molecule has 2 rings (SSSR count). The van der Waals surface area contributed by atoms with E-state index < -0.39 is 0 Å². The van der Waals surface area contributed by atoms with E-state index in [1.165, 1.54) is 33.4 Å². The van der Waals surface area contributed by atoms with E-state index in [4.69, 9.17) is 0 Å². The highest BCUT2D eigenvalue weighted by Crippen LogP contribution is 2.15. The summed E-state index contributed by atoms with van der Waals surface area (Å²) in [5.41, 5.74) is 9.70. The van der Waals surface area contributed by atoms with Gasteiger partial charge >= 0.3 is 0 Å². The Morgan fingerprint density at radius 1 is 0.455 bits per heavy atom. The van der Waals surface area contributed by atoms with Crippen LogP contribution in [0.1, 0.15) is 44.5 Å². The van der Waals surface area contributed by atoms with E-state index in [2.05, 4.69) is 89.5 Å². The van der Waals surface area contributed by atoms with Gasteiger partial charge in [-0.15, -0.1) is 0 Å². The van der Waals surface area contributed by atoms with Crippen molar-refractivity contribution in [3.05, 3.63) is 68.8 Å².